The highest BCUT2D eigenvalue weighted by molar-refractivity contribution is 7.13. The van der Waals surface area contributed by atoms with Gasteiger partial charge in [0.05, 0.1) is 30.0 Å². The fraction of sp³-hybridized carbons (Fsp3) is 0.143. The number of anilines is 1. The maximum Gasteiger partial charge on any atom is 0.349 e. The van der Waals surface area contributed by atoms with Crippen molar-refractivity contribution in [3.63, 3.8) is 0 Å². The van der Waals surface area contributed by atoms with Crippen LogP contribution in [0.5, 0.6) is 5.75 Å². The summed E-state index contributed by atoms with van der Waals surface area (Å²) in [4.78, 5) is 28.1. The van der Waals surface area contributed by atoms with Crippen molar-refractivity contribution in [3.05, 3.63) is 74.2 Å². The van der Waals surface area contributed by atoms with E-state index in [1.165, 1.54) is 29.7 Å². The first-order valence-electron chi connectivity index (χ1n) is 9.32. The van der Waals surface area contributed by atoms with Gasteiger partial charge in [-0.3, -0.25) is 10.2 Å². The average molecular weight is 514 g/mol. The number of carbonyl (C=O) groups is 2. The summed E-state index contributed by atoms with van der Waals surface area (Å²) in [6.07, 6.45) is 1.26. The molecule has 0 saturated heterocycles. The number of aromatic nitrogens is 1. The Labute approximate surface area is 200 Å². The number of ether oxygens (including phenoxy) is 2. The molecule has 0 bridgehead atoms. The third-order valence-electron chi connectivity index (χ3n) is 3.95. The molecule has 0 aliphatic rings. The van der Waals surface area contributed by atoms with Gasteiger partial charge in [0.25, 0.3) is 0 Å². The van der Waals surface area contributed by atoms with E-state index in [9.17, 15) is 18.4 Å². The SMILES string of the molecule is CCOC(=O)Cc1csc(NN=Cc2cc(Cl)cc(Cl)c2OC(=O)c2c(F)cccc2F)n1. The summed E-state index contributed by atoms with van der Waals surface area (Å²) in [5.74, 6) is -4.03. The quantitative estimate of drug-likeness (QED) is 0.185. The zero-order valence-electron chi connectivity index (χ0n) is 16.9. The van der Waals surface area contributed by atoms with Crippen LogP contribution in [-0.4, -0.2) is 29.7 Å². The normalized spacial score (nSPS) is 10.9. The van der Waals surface area contributed by atoms with E-state index in [0.717, 1.165) is 18.2 Å². The minimum atomic E-state index is -1.28. The van der Waals surface area contributed by atoms with Crippen LogP contribution in [0.25, 0.3) is 0 Å². The molecular weight excluding hydrogens is 499 g/mol. The first kappa shape index (κ1) is 24.6. The maximum atomic E-state index is 13.9. The van der Waals surface area contributed by atoms with Crippen LogP contribution in [0.1, 0.15) is 28.5 Å². The van der Waals surface area contributed by atoms with E-state index in [-0.39, 0.29) is 34.4 Å². The standard InChI is InChI=1S/C21H15Cl2F2N3O4S/c1-2-31-17(29)8-13-10-33-21(27-13)28-26-9-11-6-12(22)7-14(23)19(11)32-20(30)18-15(24)4-3-5-16(18)25/h3-7,9-10H,2,8H2,1H3,(H,27,28). The number of halogens is 4. The molecule has 0 fully saturated rings. The highest BCUT2D eigenvalue weighted by atomic mass is 35.5. The summed E-state index contributed by atoms with van der Waals surface area (Å²) < 4.78 is 37.9. The second kappa shape index (κ2) is 11.2. The number of rotatable bonds is 8. The Morgan fingerprint density at radius 3 is 2.67 bits per heavy atom. The Morgan fingerprint density at radius 1 is 1.24 bits per heavy atom. The lowest BCUT2D eigenvalue weighted by atomic mass is 10.2. The number of hydrazone groups is 1. The number of carbonyl (C=O) groups excluding carboxylic acids is 2. The Hall–Kier alpha value is -3.08. The average Bonchev–Trinajstić information content (AvgIpc) is 3.17. The van der Waals surface area contributed by atoms with Crippen molar-refractivity contribution in [1.82, 2.24) is 4.98 Å². The van der Waals surface area contributed by atoms with Gasteiger partial charge in [-0.2, -0.15) is 5.10 Å². The van der Waals surface area contributed by atoms with Gasteiger partial charge in [0.15, 0.2) is 5.75 Å². The molecule has 7 nitrogen and oxygen atoms in total. The van der Waals surface area contributed by atoms with Crippen molar-refractivity contribution in [2.75, 3.05) is 12.0 Å². The second-order valence-electron chi connectivity index (χ2n) is 6.29. The Morgan fingerprint density at radius 2 is 1.97 bits per heavy atom. The van der Waals surface area contributed by atoms with E-state index in [0.29, 0.717) is 10.8 Å². The topological polar surface area (TPSA) is 89.9 Å². The molecule has 0 spiro atoms. The molecule has 1 heterocycles. The summed E-state index contributed by atoms with van der Waals surface area (Å²) in [7, 11) is 0. The van der Waals surface area contributed by atoms with Gasteiger partial charge in [0.1, 0.15) is 17.2 Å². The number of nitrogens with one attached hydrogen (secondary N) is 1. The predicted molar refractivity (Wildman–Crippen MR) is 121 cm³/mol. The van der Waals surface area contributed by atoms with Crippen LogP contribution in [0.3, 0.4) is 0 Å². The van der Waals surface area contributed by atoms with Crippen LogP contribution in [0, 0.1) is 11.6 Å². The van der Waals surface area contributed by atoms with Crippen molar-refractivity contribution in [1.29, 1.82) is 0 Å². The number of hydrogen-bond acceptors (Lipinski definition) is 8. The molecule has 0 unspecified atom stereocenters. The number of hydrogen-bond donors (Lipinski definition) is 1. The molecular formula is C21H15Cl2F2N3O4S. The molecule has 12 heteroatoms. The first-order chi connectivity index (χ1) is 15.8. The Balaban J connectivity index is 1.77. The monoisotopic (exact) mass is 513 g/mol. The third-order valence-corrected chi connectivity index (χ3v) is 5.24. The summed E-state index contributed by atoms with van der Waals surface area (Å²) in [5, 5.41) is 6.19. The molecule has 0 radical (unpaired) electrons. The van der Waals surface area contributed by atoms with Crippen LogP contribution >= 0.6 is 34.5 Å². The fourth-order valence-electron chi connectivity index (χ4n) is 2.58. The molecule has 0 atom stereocenters. The van der Waals surface area contributed by atoms with E-state index in [1.54, 1.807) is 12.3 Å². The number of thiazole rings is 1. The lowest BCUT2D eigenvalue weighted by molar-refractivity contribution is -0.142. The number of benzene rings is 2. The maximum absolute atomic E-state index is 13.9. The minimum Gasteiger partial charge on any atom is -0.466 e. The highest BCUT2D eigenvalue weighted by Gasteiger charge is 2.22. The molecule has 33 heavy (non-hydrogen) atoms. The van der Waals surface area contributed by atoms with Crippen molar-refractivity contribution >= 4 is 57.8 Å². The van der Waals surface area contributed by atoms with Crippen molar-refractivity contribution < 1.29 is 27.8 Å². The smallest absolute Gasteiger partial charge is 0.349 e. The van der Waals surface area contributed by atoms with E-state index >= 15 is 0 Å². The zero-order valence-corrected chi connectivity index (χ0v) is 19.2. The minimum absolute atomic E-state index is 0.0202. The van der Waals surface area contributed by atoms with Gasteiger partial charge in [-0.15, -0.1) is 11.3 Å². The third kappa shape index (κ3) is 6.47. The molecule has 1 aromatic heterocycles. The van der Waals surface area contributed by atoms with Crippen molar-refractivity contribution in [2.45, 2.75) is 13.3 Å². The van der Waals surface area contributed by atoms with Crippen LogP contribution in [0.2, 0.25) is 10.0 Å². The van der Waals surface area contributed by atoms with Crippen LogP contribution in [-0.2, 0) is 16.0 Å². The Bertz CT molecular complexity index is 1200. The molecule has 0 saturated carbocycles. The molecule has 1 N–H and O–H groups in total. The predicted octanol–water partition coefficient (Wildman–Crippen LogP) is 5.50. The summed E-state index contributed by atoms with van der Waals surface area (Å²) >= 11 is 13.4. The van der Waals surface area contributed by atoms with Gasteiger partial charge >= 0.3 is 11.9 Å². The van der Waals surface area contributed by atoms with Gasteiger partial charge < -0.3 is 9.47 Å². The lowest BCUT2D eigenvalue weighted by Crippen LogP contribution is -2.14. The van der Waals surface area contributed by atoms with E-state index in [1.807, 2.05) is 0 Å². The van der Waals surface area contributed by atoms with Crippen LogP contribution in [0.4, 0.5) is 13.9 Å². The van der Waals surface area contributed by atoms with Crippen LogP contribution < -0.4 is 10.2 Å². The fourth-order valence-corrected chi connectivity index (χ4v) is 3.78. The van der Waals surface area contributed by atoms with Crippen molar-refractivity contribution in [2.24, 2.45) is 5.10 Å². The number of esters is 2. The summed E-state index contributed by atoms with van der Waals surface area (Å²) in [6.45, 7) is 1.98. The van der Waals surface area contributed by atoms with Gasteiger partial charge in [0, 0.05) is 16.0 Å². The van der Waals surface area contributed by atoms with E-state index < -0.39 is 29.1 Å². The van der Waals surface area contributed by atoms with Gasteiger partial charge in [0.2, 0.25) is 5.13 Å². The van der Waals surface area contributed by atoms with Gasteiger partial charge in [-0.25, -0.2) is 18.6 Å². The zero-order chi connectivity index (χ0) is 24.0. The molecule has 0 aliphatic carbocycles. The van der Waals surface area contributed by atoms with Gasteiger partial charge in [-0.05, 0) is 31.2 Å². The van der Waals surface area contributed by atoms with Crippen molar-refractivity contribution in [3.8, 4) is 5.75 Å². The molecule has 2 aromatic carbocycles. The molecule has 3 aromatic rings. The second-order valence-corrected chi connectivity index (χ2v) is 7.99. The molecule has 0 aliphatic heterocycles. The van der Waals surface area contributed by atoms with E-state index in [4.69, 9.17) is 32.7 Å². The highest BCUT2D eigenvalue weighted by Crippen LogP contribution is 2.32. The van der Waals surface area contributed by atoms with Gasteiger partial charge in [-0.1, -0.05) is 29.3 Å². The largest absolute Gasteiger partial charge is 0.466 e. The number of nitrogens with zero attached hydrogens (tertiary/aromatic N) is 2. The molecule has 3 rings (SSSR count). The first-order valence-corrected chi connectivity index (χ1v) is 11.0. The summed E-state index contributed by atoms with van der Waals surface area (Å²) in [5.41, 5.74) is 2.47. The molecule has 0 amide bonds. The molecule has 172 valence electrons. The lowest BCUT2D eigenvalue weighted by Gasteiger charge is -2.11. The van der Waals surface area contributed by atoms with E-state index in [2.05, 4.69) is 15.5 Å². The summed E-state index contributed by atoms with van der Waals surface area (Å²) in [6, 6.07) is 5.68. The Kier molecular flexibility index (Phi) is 8.32. The van der Waals surface area contributed by atoms with Crippen LogP contribution in [0.15, 0.2) is 40.8 Å².